The molecule has 0 bridgehead atoms. The average Bonchev–Trinajstić information content (AvgIpc) is 3.18. The van der Waals surface area contributed by atoms with Crippen LogP contribution in [0, 0.1) is 0 Å². The highest BCUT2D eigenvalue weighted by molar-refractivity contribution is 8.10. The Kier molecular flexibility index (Phi) is 6.87. The van der Waals surface area contributed by atoms with Crippen molar-refractivity contribution in [1.82, 2.24) is 0 Å². The van der Waals surface area contributed by atoms with Crippen molar-refractivity contribution in [2.75, 3.05) is 24.7 Å². The summed E-state index contributed by atoms with van der Waals surface area (Å²) in [5, 5.41) is 1.85. The van der Waals surface area contributed by atoms with E-state index >= 15 is 0 Å². The summed E-state index contributed by atoms with van der Waals surface area (Å²) < 4.78 is 92.7. The first-order valence-electron chi connectivity index (χ1n) is 8.77. The Hall–Kier alpha value is -1.54. The third kappa shape index (κ3) is 5.38. The topological polar surface area (TPSA) is 101 Å². The SMILES string of the molecule is O=S(=O)([N-]S(=O)(=O)C(F)(F)F)OCCOc1ccc([S+]2CCCC2)c2ccccc12. The van der Waals surface area contributed by atoms with Crippen LogP contribution in [0.15, 0.2) is 41.3 Å². The fraction of sp³-hybridized carbons (Fsp3) is 0.412. The zero-order valence-electron chi connectivity index (χ0n) is 15.5. The van der Waals surface area contributed by atoms with Crippen LogP contribution in [0.25, 0.3) is 14.9 Å². The first-order valence-corrected chi connectivity index (χ1v) is 13.1. The summed E-state index contributed by atoms with van der Waals surface area (Å²) in [6.45, 7) is -1.05. The Morgan fingerprint density at radius 3 is 2.20 bits per heavy atom. The van der Waals surface area contributed by atoms with Crippen molar-refractivity contribution in [2.24, 2.45) is 0 Å². The third-order valence-corrected chi connectivity index (χ3v) is 9.35. The van der Waals surface area contributed by atoms with E-state index in [0.717, 1.165) is 22.3 Å². The van der Waals surface area contributed by atoms with Gasteiger partial charge in [-0.3, -0.25) is 4.18 Å². The highest BCUT2D eigenvalue weighted by Crippen LogP contribution is 2.35. The van der Waals surface area contributed by atoms with Gasteiger partial charge in [-0.2, -0.15) is 13.2 Å². The molecule has 2 aromatic rings. The van der Waals surface area contributed by atoms with E-state index in [4.69, 9.17) is 4.74 Å². The number of fused-ring (bicyclic) bond motifs is 1. The summed E-state index contributed by atoms with van der Waals surface area (Å²) in [4.78, 5) is 1.24. The molecule has 0 aromatic heterocycles. The molecule has 1 fully saturated rings. The zero-order valence-corrected chi connectivity index (χ0v) is 17.9. The van der Waals surface area contributed by atoms with Crippen LogP contribution < -0.4 is 4.74 Å². The van der Waals surface area contributed by atoms with Crippen LogP contribution in [-0.4, -0.2) is 47.1 Å². The number of hydrogen-bond donors (Lipinski definition) is 0. The molecule has 7 nitrogen and oxygen atoms in total. The third-order valence-electron chi connectivity index (χ3n) is 4.24. The van der Waals surface area contributed by atoms with Crippen molar-refractivity contribution in [3.8, 4) is 5.75 Å². The molecule has 1 saturated heterocycles. The number of hydrogen-bond acceptors (Lipinski definition) is 6. The maximum absolute atomic E-state index is 12.2. The minimum absolute atomic E-state index is 0.169. The van der Waals surface area contributed by atoms with Gasteiger partial charge in [0.1, 0.15) is 23.9 Å². The summed E-state index contributed by atoms with van der Waals surface area (Å²) in [5.41, 5.74) is -5.83. The normalized spacial score (nSPS) is 16.2. The molecule has 0 amide bonds. The molecule has 0 radical (unpaired) electrons. The monoisotopic (exact) mass is 485 g/mol. The highest BCUT2D eigenvalue weighted by atomic mass is 32.3. The van der Waals surface area contributed by atoms with Crippen molar-refractivity contribution in [3.63, 3.8) is 0 Å². The highest BCUT2D eigenvalue weighted by Gasteiger charge is 2.40. The molecule has 0 saturated carbocycles. The molecular formula is C17H18F3NO6S3. The van der Waals surface area contributed by atoms with Crippen LogP contribution in [0.1, 0.15) is 12.8 Å². The largest absolute Gasteiger partial charge is 0.490 e. The predicted molar refractivity (Wildman–Crippen MR) is 107 cm³/mol. The van der Waals surface area contributed by atoms with Gasteiger partial charge in [-0.1, -0.05) is 18.2 Å². The summed E-state index contributed by atoms with van der Waals surface area (Å²) in [5.74, 6) is 2.73. The van der Waals surface area contributed by atoms with Crippen molar-refractivity contribution in [1.29, 1.82) is 0 Å². The van der Waals surface area contributed by atoms with Crippen LogP contribution in [0.5, 0.6) is 5.75 Å². The number of rotatable bonds is 8. The second kappa shape index (κ2) is 8.91. The van der Waals surface area contributed by atoms with Gasteiger partial charge in [-0.25, -0.2) is 16.8 Å². The maximum Gasteiger partial charge on any atom is 0.480 e. The minimum atomic E-state index is -6.21. The predicted octanol–water partition coefficient (Wildman–Crippen LogP) is 3.47. The quantitative estimate of drug-likeness (QED) is 0.419. The van der Waals surface area contributed by atoms with Gasteiger partial charge in [-0.05, 0) is 31.0 Å². The van der Waals surface area contributed by atoms with E-state index in [1.165, 1.54) is 17.7 Å². The summed E-state index contributed by atoms with van der Waals surface area (Å²) >= 11 is 0. The first kappa shape index (κ1) is 23.1. The number of alkyl halides is 3. The van der Waals surface area contributed by atoms with Crippen molar-refractivity contribution >= 4 is 42.0 Å². The molecule has 1 heterocycles. The molecule has 30 heavy (non-hydrogen) atoms. The van der Waals surface area contributed by atoms with Crippen LogP contribution in [-0.2, 0) is 35.4 Å². The van der Waals surface area contributed by atoms with E-state index in [1.54, 1.807) is 10.2 Å². The van der Waals surface area contributed by atoms with E-state index in [0.29, 0.717) is 5.75 Å². The fourth-order valence-corrected chi connectivity index (χ4v) is 7.22. The Labute approximate surface area is 175 Å². The van der Waals surface area contributed by atoms with Gasteiger partial charge in [0, 0.05) is 21.7 Å². The summed E-state index contributed by atoms with van der Waals surface area (Å²) in [7, 11) is -11.3. The maximum atomic E-state index is 12.2. The number of nitrogens with zero attached hydrogens (tertiary/aromatic N) is 1. The second-order valence-electron chi connectivity index (χ2n) is 6.31. The van der Waals surface area contributed by atoms with E-state index in [9.17, 15) is 30.0 Å². The van der Waals surface area contributed by atoms with Gasteiger partial charge in [0.05, 0.1) is 6.61 Å². The molecule has 0 atom stereocenters. The number of sulfonamides is 1. The van der Waals surface area contributed by atoms with Gasteiger partial charge in [0.15, 0.2) is 14.9 Å². The molecular weight excluding hydrogens is 467 g/mol. The van der Waals surface area contributed by atoms with Crippen LogP contribution >= 0.6 is 0 Å². The molecule has 1 aliphatic rings. The van der Waals surface area contributed by atoms with Gasteiger partial charge < -0.3 is 8.86 Å². The summed E-state index contributed by atoms with van der Waals surface area (Å²) in [6, 6.07) is 11.3. The van der Waals surface area contributed by atoms with E-state index in [1.807, 2.05) is 30.3 Å². The van der Waals surface area contributed by atoms with Crippen molar-refractivity contribution in [3.05, 3.63) is 40.5 Å². The molecule has 13 heteroatoms. The Bertz CT molecular complexity index is 1110. The lowest BCUT2D eigenvalue weighted by atomic mass is 10.1. The zero-order chi connectivity index (χ0) is 22.0. The average molecular weight is 486 g/mol. The van der Waals surface area contributed by atoms with Crippen LogP contribution in [0.4, 0.5) is 13.2 Å². The lowest BCUT2D eigenvalue weighted by Crippen LogP contribution is -2.25. The molecule has 3 rings (SSSR count). The molecule has 1 aliphatic heterocycles. The Morgan fingerprint density at radius 1 is 0.933 bits per heavy atom. The van der Waals surface area contributed by atoms with E-state index < -0.39 is 32.4 Å². The van der Waals surface area contributed by atoms with Crippen molar-refractivity contribution in [2.45, 2.75) is 23.2 Å². The molecule has 2 aromatic carbocycles. The van der Waals surface area contributed by atoms with E-state index in [-0.39, 0.29) is 17.5 Å². The lowest BCUT2D eigenvalue weighted by molar-refractivity contribution is -0.0425. The standard InChI is InChI=1S/C17H18F3NO6S3/c18-17(19,20)29(22,23)21-30(24,25)27-10-9-26-15-7-8-16(28-11-3-4-12-28)14-6-2-1-5-13(14)15/h1-2,5-8H,3-4,9-12H2. The molecule has 0 spiro atoms. The Balaban J connectivity index is 1.65. The number of ether oxygens (including phenoxy) is 1. The van der Waals surface area contributed by atoms with Gasteiger partial charge in [0.2, 0.25) is 10.3 Å². The summed E-state index contributed by atoms with van der Waals surface area (Å²) in [6.07, 6.45) is 2.38. The smallest absolute Gasteiger partial charge is 0.480 e. The molecule has 0 unspecified atom stereocenters. The van der Waals surface area contributed by atoms with Gasteiger partial charge in [-0.15, -0.1) is 0 Å². The fourth-order valence-electron chi connectivity index (χ4n) is 2.97. The van der Waals surface area contributed by atoms with E-state index in [2.05, 4.69) is 4.18 Å². The first-order chi connectivity index (χ1) is 14.0. The number of halogens is 3. The van der Waals surface area contributed by atoms with Gasteiger partial charge >= 0.3 is 5.51 Å². The Morgan fingerprint density at radius 2 is 1.57 bits per heavy atom. The molecule has 0 N–H and O–H groups in total. The lowest BCUT2D eigenvalue weighted by Gasteiger charge is -2.21. The van der Waals surface area contributed by atoms with Crippen LogP contribution in [0.3, 0.4) is 0 Å². The molecule has 166 valence electrons. The van der Waals surface area contributed by atoms with Crippen LogP contribution in [0.2, 0.25) is 0 Å². The van der Waals surface area contributed by atoms with Crippen molar-refractivity contribution < 1.29 is 38.9 Å². The molecule has 0 aliphatic carbocycles. The number of benzene rings is 2. The minimum Gasteiger partial charge on any atom is -0.490 e. The van der Waals surface area contributed by atoms with Gasteiger partial charge in [0.25, 0.3) is 0 Å². The second-order valence-corrected chi connectivity index (χ2v) is 11.7.